The Balaban J connectivity index is 1.54. The number of hydrogen-bond donors (Lipinski definition) is 0. The third-order valence-corrected chi connectivity index (χ3v) is 6.90. The highest BCUT2D eigenvalue weighted by molar-refractivity contribution is 7.88. The second-order valence-electron chi connectivity index (χ2n) is 7.60. The highest BCUT2D eigenvalue weighted by Crippen LogP contribution is 2.22. The predicted molar refractivity (Wildman–Crippen MR) is 108 cm³/mol. The predicted octanol–water partition coefficient (Wildman–Crippen LogP) is 3.11. The van der Waals surface area contributed by atoms with Crippen molar-refractivity contribution in [1.29, 1.82) is 0 Å². The van der Waals surface area contributed by atoms with Gasteiger partial charge in [0.25, 0.3) is 0 Å². The SMILES string of the molecule is CS(=O)(=O)N(CCC(=O)N1CCc2ccccc2C1)CCC1=CCCCC1. The Hall–Kier alpha value is -1.66. The molecule has 1 aliphatic carbocycles. The number of hydrogen-bond acceptors (Lipinski definition) is 3. The second-order valence-corrected chi connectivity index (χ2v) is 9.59. The molecule has 1 aromatic rings. The minimum atomic E-state index is -3.31. The number of rotatable bonds is 7. The van der Waals surface area contributed by atoms with Gasteiger partial charge in [0.1, 0.15) is 0 Å². The molecular weight excluding hydrogens is 360 g/mol. The van der Waals surface area contributed by atoms with Crippen molar-refractivity contribution in [2.45, 2.75) is 51.5 Å². The number of allylic oxidation sites excluding steroid dienone is 1. The quantitative estimate of drug-likeness (QED) is 0.672. The van der Waals surface area contributed by atoms with Crippen molar-refractivity contribution in [3.8, 4) is 0 Å². The lowest BCUT2D eigenvalue weighted by atomic mass is 9.97. The molecule has 3 rings (SSSR count). The van der Waals surface area contributed by atoms with Gasteiger partial charge in [-0.05, 0) is 49.7 Å². The smallest absolute Gasteiger partial charge is 0.224 e. The highest BCUT2D eigenvalue weighted by Gasteiger charge is 2.23. The zero-order chi connectivity index (χ0) is 19.3. The maximum absolute atomic E-state index is 12.6. The largest absolute Gasteiger partial charge is 0.338 e. The van der Waals surface area contributed by atoms with Crippen molar-refractivity contribution in [3.05, 3.63) is 47.0 Å². The molecule has 0 N–H and O–H groups in total. The molecule has 0 saturated heterocycles. The Morgan fingerprint density at radius 2 is 1.89 bits per heavy atom. The lowest BCUT2D eigenvalue weighted by Gasteiger charge is -2.30. The fraction of sp³-hybridized carbons (Fsp3) is 0.571. The van der Waals surface area contributed by atoms with E-state index >= 15 is 0 Å². The molecule has 1 amide bonds. The van der Waals surface area contributed by atoms with E-state index in [0.717, 1.165) is 25.7 Å². The van der Waals surface area contributed by atoms with E-state index in [1.54, 1.807) is 0 Å². The minimum absolute atomic E-state index is 0.0371. The molecule has 0 radical (unpaired) electrons. The Kier molecular flexibility index (Phi) is 6.71. The number of carbonyl (C=O) groups excluding carboxylic acids is 1. The van der Waals surface area contributed by atoms with Gasteiger partial charge in [-0.25, -0.2) is 12.7 Å². The van der Waals surface area contributed by atoms with Crippen molar-refractivity contribution in [1.82, 2.24) is 9.21 Å². The van der Waals surface area contributed by atoms with Gasteiger partial charge in [-0.1, -0.05) is 35.9 Å². The normalized spacial score (nSPS) is 17.6. The van der Waals surface area contributed by atoms with Gasteiger partial charge in [0.2, 0.25) is 15.9 Å². The third kappa shape index (κ3) is 5.66. The molecule has 0 aromatic heterocycles. The molecule has 6 heteroatoms. The zero-order valence-corrected chi connectivity index (χ0v) is 17.0. The standard InChI is InChI=1S/C21H30N2O3S/c1-27(25,26)23(15-11-18-7-3-2-4-8-18)16-13-21(24)22-14-12-19-9-5-6-10-20(19)17-22/h5-7,9-10H,2-4,8,11-17H2,1H3. The summed E-state index contributed by atoms with van der Waals surface area (Å²) in [6.45, 7) is 2.08. The van der Waals surface area contributed by atoms with Crippen LogP contribution >= 0.6 is 0 Å². The van der Waals surface area contributed by atoms with Gasteiger partial charge in [-0.3, -0.25) is 4.79 Å². The summed E-state index contributed by atoms with van der Waals surface area (Å²) < 4.78 is 25.7. The first-order valence-corrected chi connectivity index (χ1v) is 11.8. The molecule has 1 aromatic carbocycles. The van der Waals surface area contributed by atoms with Crippen LogP contribution in [0, 0.1) is 0 Å². The lowest BCUT2D eigenvalue weighted by Crippen LogP contribution is -2.39. The van der Waals surface area contributed by atoms with Crippen LogP contribution in [-0.4, -0.2) is 49.4 Å². The Morgan fingerprint density at radius 3 is 2.59 bits per heavy atom. The van der Waals surface area contributed by atoms with Gasteiger partial charge in [0.05, 0.1) is 6.26 Å². The number of fused-ring (bicyclic) bond motifs is 1. The van der Waals surface area contributed by atoms with Gasteiger partial charge >= 0.3 is 0 Å². The third-order valence-electron chi connectivity index (χ3n) is 5.59. The summed E-state index contributed by atoms with van der Waals surface area (Å²) in [7, 11) is -3.31. The molecule has 0 saturated carbocycles. The topological polar surface area (TPSA) is 57.7 Å². The van der Waals surface area contributed by atoms with E-state index in [1.807, 2.05) is 17.0 Å². The van der Waals surface area contributed by atoms with Crippen molar-refractivity contribution in [3.63, 3.8) is 0 Å². The molecule has 0 fully saturated rings. The number of nitrogens with zero attached hydrogens (tertiary/aromatic N) is 2. The first-order chi connectivity index (χ1) is 12.9. The Bertz CT molecular complexity index is 801. The van der Waals surface area contributed by atoms with E-state index in [4.69, 9.17) is 0 Å². The number of carbonyl (C=O) groups is 1. The first-order valence-electron chi connectivity index (χ1n) is 9.91. The summed E-state index contributed by atoms with van der Waals surface area (Å²) >= 11 is 0. The van der Waals surface area contributed by atoms with Crippen LogP contribution in [-0.2, 0) is 27.8 Å². The summed E-state index contributed by atoms with van der Waals surface area (Å²) in [6.07, 6.45) is 9.97. The molecule has 0 unspecified atom stereocenters. The second kappa shape index (κ2) is 9.02. The van der Waals surface area contributed by atoms with E-state index in [1.165, 1.54) is 40.1 Å². The molecule has 0 atom stereocenters. The maximum atomic E-state index is 12.6. The average molecular weight is 391 g/mol. The van der Waals surface area contributed by atoms with Crippen LogP contribution in [0.5, 0.6) is 0 Å². The average Bonchev–Trinajstić information content (AvgIpc) is 2.67. The monoisotopic (exact) mass is 390 g/mol. The van der Waals surface area contributed by atoms with Gasteiger partial charge in [-0.2, -0.15) is 0 Å². The maximum Gasteiger partial charge on any atom is 0.224 e. The molecule has 5 nitrogen and oxygen atoms in total. The van der Waals surface area contributed by atoms with E-state index in [-0.39, 0.29) is 18.9 Å². The van der Waals surface area contributed by atoms with Crippen molar-refractivity contribution < 1.29 is 13.2 Å². The van der Waals surface area contributed by atoms with Crippen LogP contribution in [0.3, 0.4) is 0 Å². The van der Waals surface area contributed by atoms with Gasteiger partial charge in [0, 0.05) is 32.6 Å². The van der Waals surface area contributed by atoms with E-state index < -0.39 is 10.0 Å². The molecule has 148 valence electrons. The summed E-state index contributed by atoms with van der Waals surface area (Å²) in [4.78, 5) is 14.5. The molecule has 0 bridgehead atoms. The molecule has 0 spiro atoms. The highest BCUT2D eigenvalue weighted by atomic mass is 32.2. The van der Waals surface area contributed by atoms with Crippen LogP contribution in [0.25, 0.3) is 0 Å². The molecule has 27 heavy (non-hydrogen) atoms. The van der Waals surface area contributed by atoms with Crippen LogP contribution < -0.4 is 0 Å². The number of sulfonamides is 1. The first kappa shape index (κ1) is 20.1. The fourth-order valence-corrected chi connectivity index (χ4v) is 4.78. The molecule has 1 heterocycles. The van der Waals surface area contributed by atoms with E-state index in [2.05, 4.69) is 18.2 Å². The fourth-order valence-electron chi connectivity index (χ4n) is 3.93. The van der Waals surface area contributed by atoms with Gasteiger partial charge < -0.3 is 4.90 Å². The van der Waals surface area contributed by atoms with E-state index in [9.17, 15) is 13.2 Å². The zero-order valence-electron chi connectivity index (χ0n) is 16.2. The minimum Gasteiger partial charge on any atom is -0.338 e. The van der Waals surface area contributed by atoms with Crippen molar-refractivity contribution >= 4 is 15.9 Å². The van der Waals surface area contributed by atoms with Crippen molar-refractivity contribution in [2.75, 3.05) is 25.9 Å². The summed E-state index contributed by atoms with van der Waals surface area (Å²) in [5.41, 5.74) is 3.86. The Morgan fingerprint density at radius 1 is 1.11 bits per heavy atom. The van der Waals surface area contributed by atoms with E-state index in [0.29, 0.717) is 19.6 Å². The Labute approximate surface area is 163 Å². The van der Waals surface area contributed by atoms with Crippen LogP contribution in [0.4, 0.5) is 0 Å². The number of amides is 1. The van der Waals surface area contributed by atoms with Gasteiger partial charge in [-0.15, -0.1) is 0 Å². The summed E-state index contributed by atoms with van der Waals surface area (Å²) in [6, 6.07) is 8.21. The van der Waals surface area contributed by atoms with Gasteiger partial charge in [0.15, 0.2) is 0 Å². The molecule has 1 aliphatic heterocycles. The van der Waals surface area contributed by atoms with Crippen LogP contribution in [0.15, 0.2) is 35.9 Å². The molecular formula is C21H30N2O3S. The van der Waals surface area contributed by atoms with Crippen LogP contribution in [0.2, 0.25) is 0 Å². The summed E-state index contributed by atoms with van der Waals surface area (Å²) in [5.74, 6) is 0.0371. The summed E-state index contributed by atoms with van der Waals surface area (Å²) in [5, 5.41) is 0. The lowest BCUT2D eigenvalue weighted by molar-refractivity contribution is -0.132. The van der Waals surface area contributed by atoms with Crippen LogP contribution in [0.1, 0.15) is 49.7 Å². The number of benzene rings is 1. The van der Waals surface area contributed by atoms with Crippen molar-refractivity contribution in [2.24, 2.45) is 0 Å². The molecule has 2 aliphatic rings.